The zero-order chi connectivity index (χ0) is 35.3. The van der Waals surface area contributed by atoms with Gasteiger partial charge in [-0.05, 0) is 75.4 Å². The lowest BCUT2D eigenvalue weighted by Gasteiger charge is -2.34. The standard InChI is InChI=1S/C32H34FN5O3.C2HF3O2/c1-6-28(39)35-27-17-22(16-26(33)20(27)4)29-25-15-23(32(40)41-19(2)3)18-34-31(25)36-30(29)21-7-9-24(10-8-21)38-13-11-37(5)12-14-38;3-2(4,5)1(6)7/h6-10,15-19H,1,11-14H2,2-5H3,(H,34,36)(H,35,39);(H,6,7). The lowest BCUT2D eigenvalue weighted by Crippen LogP contribution is -2.44. The summed E-state index contributed by atoms with van der Waals surface area (Å²) in [5, 5.41) is 10.5. The quantitative estimate of drug-likeness (QED) is 0.117. The van der Waals surface area contributed by atoms with Crippen molar-refractivity contribution in [2.75, 3.05) is 43.4 Å². The fraction of sp³-hybridized carbons (Fsp3) is 0.294. The minimum Gasteiger partial charge on any atom is -0.475 e. The number of pyridine rings is 1. The highest BCUT2D eigenvalue weighted by atomic mass is 19.4. The number of carbonyl (C=O) groups is 3. The number of hydrogen-bond acceptors (Lipinski definition) is 7. The van der Waals surface area contributed by atoms with Crippen molar-refractivity contribution in [3.63, 3.8) is 0 Å². The second kappa shape index (κ2) is 14.7. The Hall–Kier alpha value is -5.24. The number of rotatable bonds is 7. The molecule has 14 heteroatoms. The molecule has 0 atom stereocenters. The molecule has 1 aliphatic heterocycles. The van der Waals surface area contributed by atoms with E-state index >= 15 is 4.39 Å². The van der Waals surface area contributed by atoms with Crippen LogP contribution in [-0.4, -0.2) is 83.3 Å². The zero-order valence-electron chi connectivity index (χ0n) is 26.7. The molecule has 254 valence electrons. The van der Waals surface area contributed by atoms with E-state index in [0.29, 0.717) is 33.4 Å². The summed E-state index contributed by atoms with van der Waals surface area (Å²) in [5.74, 6) is -4.17. The molecule has 0 bridgehead atoms. The number of hydrogen-bond donors (Lipinski definition) is 3. The molecule has 5 rings (SSSR count). The Kier molecular flexibility index (Phi) is 10.9. The summed E-state index contributed by atoms with van der Waals surface area (Å²) in [6.07, 6.45) is -2.76. The van der Waals surface area contributed by atoms with Gasteiger partial charge in [0.05, 0.1) is 17.4 Å². The highest BCUT2D eigenvalue weighted by molar-refractivity contribution is 6.06. The van der Waals surface area contributed by atoms with Gasteiger partial charge in [0, 0.05) is 60.3 Å². The number of anilines is 2. The molecule has 10 nitrogen and oxygen atoms in total. The number of nitrogens with one attached hydrogen (secondary N) is 2. The number of aromatic nitrogens is 2. The Labute approximate surface area is 274 Å². The summed E-state index contributed by atoms with van der Waals surface area (Å²) in [7, 11) is 2.13. The number of H-pyrrole nitrogens is 1. The van der Waals surface area contributed by atoms with Crippen molar-refractivity contribution < 1.29 is 41.8 Å². The molecule has 4 aromatic rings. The van der Waals surface area contributed by atoms with Gasteiger partial charge in [0.15, 0.2) is 0 Å². The van der Waals surface area contributed by atoms with Crippen molar-refractivity contribution >= 4 is 40.3 Å². The molecular weight excluding hydrogens is 634 g/mol. The average Bonchev–Trinajstić information content (AvgIpc) is 3.42. The summed E-state index contributed by atoms with van der Waals surface area (Å²) in [6.45, 7) is 12.6. The van der Waals surface area contributed by atoms with E-state index in [1.54, 1.807) is 32.9 Å². The van der Waals surface area contributed by atoms with Crippen LogP contribution in [0.4, 0.5) is 28.9 Å². The number of fused-ring (bicyclic) bond motifs is 1. The number of carboxylic acid groups (broad SMARTS) is 1. The zero-order valence-corrected chi connectivity index (χ0v) is 26.7. The molecule has 1 aliphatic rings. The molecule has 1 amide bonds. The topological polar surface area (TPSA) is 128 Å². The van der Waals surface area contributed by atoms with Gasteiger partial charge in [0.25, 0.3) is 0 Å². The van der Waals surface area contributed by atoms with Crippen LogP contribution in [0.25, 0.3) is 33.4 Å². The van der Waals surface area contributed by atoms with Gasteiger partial charge in [0.2, 0.25) is 5.91 Å². The molecule has 0 spiro atoms. The number of aliphatic carboxylic acids is 1. The molecule has 0 unspecified atom stereocenters. The highest BCUT2D eigenvalue weighted by Gasteiger charge is 2.38. The Bertz CT molecular complexity index is 1830. The third-order valence-electron chi connectivity index (χ3n) is 7.57. The molecule has 0 aliphatic carbocycles. The molecular formula is C34H35F4N5O5. The third kappa shape index (κ3) is 8.37. The van der Waals surface area contributed by atoms with E-state index in [4.69, 9.17) is 14.6 Å². The maximum Gasteiger partial charge on any atom is 0.490 e. The summed E-state index contributed by atoms with van der Waals surface area (Å²) >= 11 is 0. The monoisotopic (exact) mass is 669 g/mol. The number of esters is 1. The van der Waals surface area contributed by atoms with Gasteiger partial charge >= 0.3 is 18.1 Å². The van der Waals surface area contributed by atoms with E-state index in [1.165, 1.54) is 12.3 Å². The van der Waals surface area contributed by atoms with Gasteiger partial charge < -0.3 is 29.9 Å². The van der Waals surface area contributed by atoms with Gasteiger partial charge in [-0.3, -0.25) is 4.79 Å². The maximum absolute atomic E-state index is 15.3. The van der Waals surface area contributed by atoms with Gasteiger partial charge in [-0.25, -0.2) is 19.0 Å². The van der Waals surface area contributed by atoms with Crippen LogP contribution in [0.5, 0.6) is 0 Å². The molecule has 1 saturated heterocycles. The minimum absolute atomic E-state index is 0.288. The van der Waals surface area contributed by atoms with Gasteiger partial charge in [-0.2, -0.15) is 13.2 Å². The Morgan fingerprint density at radius 1 is 1.06 bits per heavy atom. The number of benzene rings is 2. The Morgan fingerprint density at radius 2 is 1.69 bits per heavy atom. The molecule has 0 radical (unpaired) electrons. The second-order valence-corrected chi connectivity index (χ2v) is 11.4. The highest BCUT2D eigenvalue weighted by Crippen LogP contribution is 2.40. The van der Waals surface area contributed by atoms with Crippen LogP contribution < -0.4 is 10.2 Å². The van der Waals surface area contributed by atoms with Crippen LogP contribution in [0.3, 0.4) is 0 Å². The number of halogens is 4. The number of amides is 1. The van der Waals surface area contributed by atoms with E-state index in [-0.39, 0.29) is 11.7 Å². The van der Waals surface area contributed by atoms with Crippen LogP contribution in [0.2, 0.25) is 0 Å². The number of alkyl halides is 3. The molecule has 3 N–H and O–H groups in total. The molecule has 1 fully saturated rings. The van der Waals surface area contributed by atoms with E-state index in [9.17, 15) is 22.8 Å². The minimum atomic E-state index is -5.08. The molecule has 0 saturated carbocycles. The van der Waals surface area contributed by atoms with Crippen molar-refractivity contribution in [1.82, 2.24) is 14.9 Å². The summed E-state index contributed by atoms with van der Waals surface area (Å²) in [5.41, 5.74) is 5.37. The number of piperazine rings is 1. The van der Waals surface area contributed by atoms with E-state index in [1.807, 2.05) is 12.1 Å². The van der Waals surface area contributed by atoms with Crippen LogP contribution in [-0.2, 0) is 14.3 Å². The second-order valence-electron chi connectivity index (χ2n) is 11.4. The average molecular weight is 670 g/mol. The summed E-state index contributed by atoms with van der Waals surface area (Å²) < 4.78 is 52.4. The first kappa shape index (κ1) is 35.6. The van der Waals surface area contributed by atoms with E-state index in [2.05, 4.69) is 50.8 Å². The van der Waals surface area contributed by atoms with Crippen LogP contribution >= 0.6 is 0 Å². The van der Waals surface area contributed by atoms with Gasteiger partial charge in [-0.1, -0.05) is 18.7 Å². The van der Waals surface area contributed by atoms with Gasteiger partial charge in [-0.15, -0.1) is 0 Å². The first-order valence-corrected chi connectivity index (χ1v) is 14.9. The maximum atomic E-state index is 15.3. The van der Waals surface area contributed by atoms with Crippen molar-refractivity contribution in [2.24, 2.45) is 0 Å². The smallest absolute Gasteiger partial charge is 0.475 e. The lowest BCUT2D eigenvalue weighted by atomic mass is 9.96. The van der Waals surface area contributed by atoms with Crippen molar-refractivity contribution in [1.29, 1.82) is 0 Å². The van der Waals surface area contributed by atoms with Crippen LogP contribution in [0.1, 0.15) is 29.8 Å². The third-order valence-corrected chi connectivity index (χ3v) is 7.57. The predicted octanol–water partition coefficient (Wildman–Crippen LogP) is 6.42. The van der Waals surface area contributed by atoms with Crippen LogP contribution in [0, 0.1) is 12.7 Å². The molecule has 2 aromatic carbocycles. The summed E-state index contributed by atoms with van der Waals surface area (Å²) in [4.78, 5) is 46.3. The fourth-order valence-corrected chi connectivity index (χ4v) is 5.02. The van der Waals surface area contributed by atoms with Gasteiger partial charge in [0.1, 0.15) is 11.5 Å². The number of nitrogens with zero attached hydrogens (tertiary/aromatic N) is 3. The van der Waals surface area contributed by atoms with Crippen LogP contribution in [0.15, 0.2) is 61.3 Å². The molecule has 2 aromatic heterocycles. The Balaban J connectivity index is 0.000000671. The summed E-state index contributed by atoms with van der Waals surface area (Å²) in [6, 6.07) is 13.1. The van der Waals surface area contributed by atoms with Crippen molar-refractivity contribution in [3.05, 3.63) is 78.3 Å². The largest absolute Gasteiger partial charge is 0.490 e. The van der Waals surface area contributed by atoms with Crippen molar-refractivity contribution in [2.45, 2.75) is 33.1 Å². The first-order chi connectivity index (χ1) is 22.6. The predicted molar refractivity (Wildman–Crippen MR) is 174 cm³/mol. The number of ether oxygens (including phenoxy) is 1. The number of aromatic amines is 1. The van der Waals surface area contributed by atoms with E-state index in [0.717, 1.165) is 49.2 Å². The normalized spacial score (nSPS) is 13.6. The lowest BCUT2D eigenvalue weighted by molar-refractivity contribution is -0.192. The molecule has 48 heavy (non-hydrogen) atoms. The van der Waals surface area contributed by atoms with E-state index < -0.39 is 29.8 Å². The van der Waals surface area contributed by atoms with Crippen molar-refractivity contribution in [3.8, 4) is 22.4 Å². The number of carbonyl (C=O) groups excluding carboxylic acids is 2. The number of carboxylic acids is 1. The molecule has 3 heterocycles. The fourth-order valence-electron chi connectivity index (χ4n) is 5.02. The first-order valence-electron chi connectivity index (χ1n) is 14.9. The Morgan fingerprint density at radius 3 is 2.25 bits per heavy atom. The number of likely N-dealkylation sites (N-methyl/N-ethyl adjacent to an activating group) is 1. The SMILES string of the molecule is C=CC(=O)Nc1cc(-c2c(-c3ccc(N4CCN(C)CC4)cc3)[nH]c3ncc(C(=O)OC(C)C)cc23)cc(F)c1C.O=C(O)C(F)(F)F.